The highest BCUT2D eigenvalue weighted by Gasteiger charge is 2.36. The molecule has 0 radical (unpaired) electrons. The monoisotopic (exact) mass is 492 g/mol. The highest BCUT2D eigenvalue weighted by atomic mass is 32.2. The molecule has 0 bridgehead atoms. The molecular formula is C22H24N2O9S. The Labute approximate surface area is 196 Å². The van der Waals surface area contributed by atoms with Crippen molar-refractivity contribution < 1.29 is 42.1 Å². The molecule has 0 unspecified atom stereocenters. The van der Waals surface area contributed by atoms with Gasteiger partial charge in [-0.15, -0.1) is 0 Å². The van der Waals surface area contributed by atoms with Gasteiger partial charge in [0.2, 0.25) is 0 Å². The highest BCUT2D eigenvalue weighted by molar-refractivity contribution is 7.91. The van der Waals surface area contributed by atoms with Gasteiger partial charge in [0.05, 0.1) is 45.8 Å². The van der Waals surface area contributed by atoms with Gasteiger partial charge in [-0.3, -0.25) is 0 Å². The maximum atomic E-state index is 13.4. The molecule has 3 N–H and O–H groups in total. The second-order valence-corrected chi connectivity index (χ2v) is 9.08. The van der Waals surface area contributed by atoms with Crippen LogP contribution < -0.4 is 24.8 Å². The summed E-state index contributed by atoms with van der Waals surface area (Å²) in [5.41, 5.74) is 0.0663. The molecular weight excluding hydrogens is 468 g/mol. The number of rotatable bonds is 8. The molecule has 2 aromatic carbocycles. The lowest BCUT2D eigenvalue weighted by molar-refractivity contribution is -0.136. The van der Waals surface area contributed by atoms with Crippen molar-refractivity contribution in [2.24, 2.45) is 0 Å². The quantitative estimate of drug-likeness (QED) is 0.468. The maximum Gasteiger partial charge on any atom is 0.338 e. The average Bonchev–Trinajstić information content (AvgIpc) is 2.82. The highest BCUT2D eigenvalue weighted by Crippen LogP contribution is 2.35. The van der Waals surface area contributed by atoms with Crippen molar-refractivity contribution in [1.82, 2.24) is 10.6 Å². The van der Waals surface area contributed by atoms with Crippen LogP contribution in [-0.4, -0.2) is 59.7 Å². The second kappa shape index (κ2) is 9.91. The number of methoxy groups -OCH3 is 4. The summed E-state index contributed by atoms with van der Waals surface area (Å²) in [6.45, 7) is 0. The van der Waals surface area contributed by atoms with Gasteiger partial charge in [0.15, 0.2) is 21.3 Å². The third-order valence-electron chi connectivity index (χ3n) is 5.14. The number of hydrogen-bond acceptors (Lipinski definition) is 9. The number of aromatic hydroxyl groups is 1. The second-order valence-electron chi connectivity index (χ2n) is 7.12. The van der Waals surface area contributed by atoms with Gasteiger partial charge in [0.25, 0.3) is 0 Å². The van der Waals surface area contributed by atoms with Gasteiger partial charge in [0.1, 0.15) is 16.4 Å². The summed E-state index contributed by atoms with van der Waals surface area (Å²) in [6, 6.07) is 6.68. The number of urea groups is 1. The number of ether oxygens (including phenoxy) is 4. The standard InChI is InChI=1S/C22H24N2O9S/c1-30-13-6-8-16(31-2)18(10-13)34(28,29)11-14-19(21(26)33-4)20(24-22(27)23-14)12-5-7-15(25)17(9-12)32-3/h5-10,20,25H,11H2,1-4H3,(H2,23,24,27)/t20-/m0/s1. The number of carbonyl (C=O) groups excluding carboxylic acids is 2. The van der Waals surface area contributed by atoms with Crippen LogP contribution in [0.25, 0.3) is 0 Å². The summed E-state index contributed by atoms with van der Waals surface area (Å²) >= 11 is 0. The SMILES string of the molecule is COC(=O)C1=C(CS(=O)(=O)c2cc(OC)ccc2OC)NC(=O)N[C@H]1c1ccc(O)c(OC)c1. The van der Waals surface area contributed by atoms with Crippen molar-refractivity contribution in [3.8, 4) is 23.0 Å². The number of sulfone groups is 1. The molecule has 12 heteroatoms. The fourth-order valence-corrected chi connectivity index (χ4v) is 5.02. The zero-order chi connectivity index (χ0) is 25.0. The Hall–Kier alpha value is -3.93. The van der Waals surface area contributed by atoms with Crippen LogP contribution in [0.15, 0.2) is 52.6 Å². The largest absolute Gasteiger partial charge is 0.504 e. The number of amides is 2. The minimum Gasteiger partial charge on any atom is -0.504 e. The lowest BCUT2D eigenvalue weighted by atomic mass is 9.95. The van der Waals surface area contributed by atoms with Gasteiger partial charge in [-0.1, -0.05) is 6.07 Å². The first-order valence-corrected chi connectivity index (χ1v) is 11.5. The van der Waals surface area contributed by atoms with E-state index >= 15 is 0 Å². The van der Waals surface area contributed by atoms with E-state index in [0.717, 1.165) is 7.11 Å². The van der Waals surface area contributed by atoms with Gasteiger partial charge in [-0.2, -0.15) is 0 Å². The normalized spacial score (nSPS) is 15.8. The minimum absolute atomic E-state index is 0.0705. The number of nitrogens with one attached hydrogen (secondary N) is 2. The molecule has 2 amide bonds. The van der Waals surface area contributed by atoms with Crippen molar-refractivity contribution >= 4 is 21.8 Å². The molecule has 34 heavy (non-hydrogen) atoms. The molecule has 0 fully saturated rings. The molecule has 2 aromatic rings. The van der Waals surface area contributed by atoms with E-state index in [-0.39, 0.29) is 39.2 Å². The summed E-state index contributed by atoms with van der Waals surface area (Å²) < 4.78 is 47.0. The van der Waals surface area contributed by atoms with Crippen LogP contribution in [-0.2, 0) is 19.4 Å². The third-order valence-corrected chi connectivity index (χ3v) is 6.79. The van der Waals surface area contributed by atoms with Crippen LogP contribution in [0.3, 0.4) is 0 Å². The van der Waals surface area contributed by atoms with E-state index in [1.807, 2.05) is 0 Å². The van der Waals surface area contributed by atoms with Gasteiger partial charge in [-0.25, -0.2) is 18.0 Å². The molecule has 1 atom stereocenters. The van der Waals surface area contributed by atoms with E-state index in [0.29, 0.717) is 5.56 Å². The van der Waals surface area contributed by atoms with E-state index in [1.165, 1.54) is 57.7 Å². The van der Waals surface area contributed by atoms with Gasteiger partial charge >= 0.3 is 12.0 Å². The number of phenols is 1. The molecule has 1 aliphatic heterocycles. The number of hydrogen-bond donors (Lipinski definition) is 3. The summed E-state index contributed by atoms with van der Waals surface area (Å²) in [5.74, 6) is -1.29. The molecule has 11 nitrogen and oxygen atoms in total. The fourth-order valence-electron chi connectivity index (χ4n) is 3.50. The Morgan fingerprint density at radius 3 is 2.32 bits per heavy atom. The fraction of sp³-hybridized carbons (Fsp3) is 0.273. The van der Waals surface area contributed by atoms with Crippen molar-refractivity contribution in [2.75, 3.05) is 34.2 Å². The summed E-state index contributed by atoms with van der Waals surface area (Å²) in [5, 5.41) is 14.9. The predicted octanol–water partition coefficient (Wildman–Crippen LogP) is 1.67. The van der Waals surface area contributed by atoms with E-state index in [1.54, 1.807) is 0 Å². The first-order valence-electron chi connectivity index (χ1n) is 9.85. The molecule has 182 valence electrons. The molecule has 3 rings (SSSR count). The van der Waals surface area contributed by atoms with Crippen molar-refractivity contribution in [2.45, 2.75) is 10.9 Å². The van der Waals surface area contributed by atoms with Crippen LogP contribution in [0.5, 0.6) is 23.0 Å². The summed E-state index contributed by atoms with van der Waals surface area (Å²) in [4.78, 5) is 25.0. The molecule has 0 saturated carbocycles. The molecule has 0 saturated heterocycles. The summed E-state index contributed by atoms with van der Waals surface area (Å²) in [6.07, 6.45) is 0. The van der Waals surface area contributed by atoms with Crippen LogP contribution in [0.1, 0.15) is 11.6 Å². The summed E-state index contributed by atoms with van der Waals surface area (Å²) in [7, 11) is 1.05. The van der Waals surface area contributed by atoms with Gasteiger partial charge in [-0.05, 0) is 29.8 Å². The van der Waals surface area contributed by atoms with Crippen molar-refractivity contribution in [3.05, 3.63) is 53.2 Å². The van der Waals surface area contributed by atoms with Crippen molar-refractivity contribution in [3.63, 3.8) is 0 Å². The van der Waals surface area contributed by atoms with Gasteiger partial charge in [0, 0.05) is 11.8 Å². The Morgan fingerprint density at radius 1 is 1.00 bits per heavy atom. The number of carbonyl (C=O) groups is 2. The Kier molecular flexibility index (Phi) is 7.20. The van der Waals surface area contributed by atoms with Crippen LogP contribution in [0.4, 0.5) is 4.79 Å². The van der Waals surface area contributed by atoms with Gasteiger partial charge < -0.3 is 34.7 Å². The average molecular weight is 493 g/mol. The van der Waals surface area contributed by atoms with Crippen LogP contribution in [0.2, 0.25) is 0 Å². The van der Waals surface area contributed by atoms with E-state index in [2.05, 4.69) is 10.6 Å². The topological polar surface area (TPSA) is 149 Å². The van der Waals surface area contributed by atoms with Crippen LogP contribution in [0, 0.1) is 0 Å². The Balaban J connectivity index is 2.15. The Bertz CT molecular complexity index is 1260. The third kappa shape index (κ3) is 4.86. The van der Waals surface area contributed by atoms with E-state index in [4.69, 9.17) is 18.9 Å². The predicted molar refractivity (Wildman–Crippen MR) is 120 cm³/mol. The molecule has 1 aliphatic rings. The molecule has 0 spiro atoms. The first-order chi connectivity index (χ1) is 16.1. The molecule has 1 heterocycles. The van der Waals surface area contributed by atoms with Crippen LogP contribution >= 0.6 is 0 Å². The zero-order valence-electron chi connectivity index (χ0n) is 18.9. The van der Waals surface area contributed by atoms with E-state index < -0.39 is 33.6 Å². The van der Waals surface area contributed by atoms with E-state index in [9.17, 15) is 23.1 Å². The lowest BCUT2D eigenvalue weighted by Gasteiger charge is -2.29. The number of benzene rings is 2. The number of esters is 1. The smallest absolute Gasteiger partial charge is 0.338 e. The lowest BCUT2D eigenvalue weighted by Crippen LogP contribution is -2.47. The molecule has 0 aliphatic carbocycles. The molecule has 0 aromatic heterocycles. The van der Waals surface area contributed by atoms with Crippen molar-refractivity contribution in [1.29, 1.82) is 0 Å². The number of phenolic OH excluding ortho intramolecular Hbond substituents is 1. The Morgan fingerprint density at radius 2 is 1.71 bits per heavy atom. The first kappa shape index (κ1) is 24.7. The zero-order valence-corrected chi connectivity index (χ0v) is 19.7. The maximum absolute atomic E-state index is 13.4. The minimum atomic E-state index is -4.14.